The molecule has 1 aliphatic rings. The molecule has 0 fully saturated rings. The molecule has 0 spiro atoms. The van der Waals surface area contributed by atoms with Crippen molar-refractivity contribution in [2.45, 2.75) is 19.3 Å². The smallest absolute Gasteiger partial charge is 0.0715 e. The Bertz CT molecular complexity index is 2490. The van der Waals surface area contributed by atoms with Gasteiger partial charge in [0.25, 0.3) is 0 Å². The molecule has 0 unspecified atom stereocenters. The Balaban J connectivity index is 1.22. The van der Waals surface area contributed by atoms with Gasteiger partial charge in [0.2, 0.25) is 0 Å². The van der Waals surface area contributed by atoms with Crippen molar-refractivity contribution in [3.05, 3.63) is 187 Å². The lowest BCUT2D eigenvalue weighted by molar-refractivity contribution is 0.661. The van der Waals surface area contributed by atoms with E-state index in [-0.39, 0.29) is 5.41 Å². The Hall–Kier alpha value is -6.05. The Labute approximate surface area is 288 Å². The predicted molar refractivity (Wildman–Crippen MR) is 206 cm³/mol. The lowest BCUT2D eigenvalue weighted by Gasteiger charge is -2.23. The van der Waals surface area contributed by atoms with Crippen molar-refractivity contribution in [3.63, 3.8) is 0 Å². The van der Waals surface area contributed by atoms with E-state index in [1.54, 1.807) is 0 Å². The minimum atomic E-state index is -0.0845. The quantitative estimate of drug-likeness (QED) is 0.185. The highest BCUT2D eigenvalue weighted by Gasteiger charge is 2.37. The second-order valence-corrected chi connectivity index (χ2v) is 13.6. The van der Waals surface area contributed by atoms with E-state index in [0.29, 0.717) is 0 Å². The van der Waals surface area contributed by atoms with Crippen LogP contribution >= 0.6 is 0 Å². The molecule has 1 heteroatoms. The van der Waals surface area contributed by atoms with Crippen LogP contribution in [0.3, 0.4) is 0 Å². The van der Waals surface area contributed by atoms with E-state index in [9.17, 15) is 0 Å². The van der Waals surface area contributed by atoms with Crippen LogP contribution in [0.1, 0.15) is 25.0 Å². The molecule has 0 radical (unpaired) electrons. The van der Waals surface area contributed by atoms with Crippen LogP contribution in [0.15, 0.2) is 176 Å². The van der Waals surface area contributed by atoms with Crippen molar-refractivity contribution >= 4 is 10.8 Å². The number of nitrogens with zero attached hydrogens (tertiary/aromatic N) is 1. The third kappa shape index (κ3) is 4.98. The fourth-order valence-electron chi connectivity index (χ4n) is 7.73. The molecule has 232 valence electrons. The number of benzene rings is 7. The van der Waals surface area contributed by atoms with Crippen molar-refractivity contribution in [2.75, 3.05) is 0 Å². The van der Waals surface area contributed by atoms with Gasteiger partial charge in [0, 0.05) is 16.5 Å². The standard InChI is InChI=1S/C48H35N/c1-48(2)42-23-12-11-22-41(42)47-43(48)29-36-18-9-10-21-40(36)46(47)38-20-13-19-37(28-38)45-31-39(30-44(49-45)35-16-7-4-8-17-35)34-26-24-33(25-27-34)32-14-5-3-6-15-32/h3-31H,1-2H3. The molecule has 7 aromatic carbocycles. The average Bonchev–Trinajstić information content (AvgIpc) is 3.40. The Morgan fingerprint density at radius 2 is 0.918 bits per heavy atom. The molecule has 8 aromatic rings. The van der Waals surface area contributed by atoms with Crippen LogP contribution in [0.25, 0.3) is 77.8 Å². The monoisotopic (exact) mass is 625 g/mol. The number of aromatic nitrogens is 1. The molecule has 1 heterocycles. The average molecular weight is 626 g/mol. The molecule has 0 bridgehead atoms. The normalized spacial score (nSPS) is 12.9. The first-order valence-corrected chi connectivity index (χ1v) is 17.0. The molecular weight excluding hydrogens is 591 g/mol. The Kier molecular flexibility index (Phi) is 6.88. The fraction of sp³-hybridized carbons (Fsp3) is 0.0625. The summed E-state index contributed by atoms with van der Waals surface area (Å²) in [6.07, 6.45) is 0. The number of hydrogen-bond donors (Lipinski definition) is 0. The zero-order valence-corrected chi connectivity index (χ0v) is 27.7. The number of pyridine rings is 1. The number of hydrogen-bond acceptors (Lipinski definition) is 1. The van der Waals surface area contributed by atoms with Gasteiger partial charge in [-0.3, -0.25) is 0 Å². The summed E-state index contributed by atoms with van der Waals surface area (Å²) < 4.78 is 0. The molecule has 0 saturated carbocycles. The van der Waals surface area contributed by atoms with Crippen LogP contribution in [0.4, 0.5) is 0 Å². The molecule has 0 N–H and O–H groups in total. The van der Waals surface area contributed by atoms with Crippen molar-refractivity contribution in [1.82, 2.24) is 4.98 Å². The second-order valence-electron chi connectivity index (χ2n) is 13.6. The largest absolute Gasteiger partial charge is 0.248 e. The molecule has 49 heavy (non-hydrogen) atoms. The highest BCUT2D eigenvalue weighted by Crippen LogP contribution is 2.54. The Morgan fingerprint density at radius 1 is 0.367 bits per heavy atom. The summed E-state index contributed by atoms with van der Waals surface area (Å²) in [6, 6.07) is 63.6. The van der Waals surface area contributed by atoms with Crippen molar-refractivity contribution in [3.8, 4) is 67.0 Å². The summed E-state index contributed by atoms with van der Waals surface area (Å²) in [7, 11) is 0. The Morgan fingerprint density at radius 3 is 1.67 bits per heavy atom. The van der Waals surface area contributed by atoms with Gasteiger partial charge in [-0.2, -0.15) is 0 Å². The number of rotatable bonds is 5. The lowest BCUT2D eigenvalue weighted by Crippen LogP contribution is -2.14. The van der Waals surface area contributed by atoms with E-state index < -0.39 is 0 Å². The molecule has 1 aromatic heterocycles. The summed E-state index contributed by atoms with van der Waals surface area (Å²) in [5, 5.41) is 2.55. The van der Waals surface area contributed by atoms with Crippen LogP contribution in [-0.4, -0.2) is 4.98 Å². The maximum absolute atomic E-state index is 5.29. The van der Waals surface area contributed by atoms with E-state index in [0.717, 1.165) is 28.1 Å². The summed E-state index contributed by atoms with van der Waals surface area (Å²) >= 11 is 0. The van der Waals surface area contributed by atoms with Gasteiger partial charge in [-0.1, -0.05) is 166 Å². The van der Waals surface area contributed by atoms with Gasteiger partial charge in [0.05, 0.1) is 11.4 Å². The summed E-state index contributed by atoms with van der Waals surface area (Å²) in [6.45, 7) is 4.72. The number of fused-ring (bicyclic) bond motifs is 4. The molecule has 0 amide bonds. The van der Waals surface area contributed by atoms with Crippen LogP contribution < -0.4 is 0 Å². The molecule has 9 rings (SSSR count). The fourth-order valence-corrected chi connectivity index (χ4v) is 7.73. The van der Waals surface area contributed by atoms with Gasteiger partial charge in [0.15, 0.2) is 0 Å². The van der Waals surface area contributed by atoms with E-state index in [4.69, 9.17) is 4.98 Å². The van der Waals surface area contributed by atoms with Gasteiger partial charge in [0.1, 0.15) is 0 Å². The first-order valence-electron chi connectivity index (χ1n) is 17.0. The molecule has 1 aliphatic carbocycles. The van der Waals surface area contributed by atoms with E-state index in [2.05, 4.69) is 190 Å². The van der Waals surface area contributed by atoms with Crippen molar-refractivity contribution in [2.24, 2.45) is 0 Å². The van der Waals surface area contributed by atoms with Crippen LogP contribution in [-0.2, 0) is 5.41 Å². The topological polar surface area (TPSA) is 12.9 Å². The van der Waals surface area contributed by atoms with E-state index in [1.165, 1.54) is 60.8 Å². The summed E-state index contributed by atoms with van der Waals surface area (Å²) in [5.74, 6) is 0. The van der Waals surface area contributed by atoms with Crippen molar-refractivity contribution in [1.29, 1.82) is 0 Å². The maximum Gasteiger partial charge on any atom is 0.0715 e. The van der Waals surface area contributed by atoms with Gasteiger partial charge in [-0.25, -0.2) is 4.98 Å². The summed E-state index contributed by atoms with van der Waals surface area (Å²) in [4.78, 5) is 5.29. The van der Waals surface area contributed by atoms with Gasteiger partial charge in [-0.05, 0) is 90.7 Å². The van der Waals surface area contributed by atoms with E-state index >= 15 is 0 Å². The predicted octanol–water partition coefficient (Wildman–Crippen LogP) is 12.9. The van der Waals surface area contributed by atoms with Crippen LogP contribution in [0.5, 0.6) is 0 Å². The molecule has 0 atom stereocenters. The molecule has 0 aliphatic heterocycles. The lowest BCUT2D eigenvalue weighted by atomic mass is 9.80. The van der Waals surface area contributed by atoms with Crippen molar-refractivity contribution < 1.29 is 0 Å². The van der Waals surface area contributed by atoms with Gasteiger partial charge in [-0.15, -0.1) is 0 Å². The maximum atomic E-state index is 5.29. The van der Waals surface area contributed by atoms with Gasteiger partial charge < -0.3 is 0 Å². The first-order chi connectivity index (χ1) is 24.0. The third-order valence-electron chi connectivity index (χ3n) is 10.3. The minimum Gasteiger partial charge on any atom is -0.248 e. The summed E-state index contributed by atoms with van der Waals surface area (Å²) in [5.41, 5.74) is 16.8. The molecule has 1 nitrogen and oxygen atoms in total. The minimum absolute atomic E-state index is 0.0845. The van der Waals surface area contributed by atoms with Gasteiger partial charge >= 0.3 is 0 Å². The highest BCUT2D eigenvalue weighted by molar-refractivity contribution is 6.08. The molecular formula is C48H35N. The third-order valence-corrected chi connectivity index (χ3v) is 10.3. The zero-order valence-electron chi connectivity index (χ0n) is 27.7. The highest BCUT2D eigenvalue weighted by atomic mass is 14.7. The van der Waals surface area contributed by atoms with Crippen LogP contribution in [0.2, 0.25) is 0 Å². The van der Waals surface area contributed by atoms with Crippen LogP contribution in [0, 0.1) is 0 Å². The second kappa shape index (κ2) is 11.6. The SMILES string of the molecule is CC1(C)c2ccccc2-c2c1cc1ccccc1c2-c1cccc(-c2cc(-c3ccc(-c4ccccc4)cc3)cc(-c3ccccc3)n2)c1. The molecule has 0 saturated heterocycles. The zero-order chi connectivity index (χ0) is 33.0. The van der Waals surface area contributed by atoms with E-state index in [1.807, 2.05) is 0 Å². The first kappa shape index (κ1) is 29.1.